The van der Waals surface area contributed by atoms with Gasteiger partial charge < -0.3 is 9.67 Å². The minimum Gasteiger partial charge on any atom is -0.390 e. The molecule has 16 heavy (non-hydrogen) atoms. The second-order valence-electron chi connectivity index (χ2n) is 3.52. The van der Waals surface area contributed by atoms with Crippen molar-refractivity contribution >= 4 is 15.9 Å². The van der Waals surface area contributed by atoms with Gasteiger partial charge in [0.05, 0.1) is 13.2 Å². The van der Waals surface area contributed by atoms with Gasteiger partial charge >= 0.3 is 0 Å². The molecule has 2 rings (SSSR count). The van der Waals surface area contributed by atoms with Gasteiger partial charge in [-0.15, -0.1) is 0 Å². The van der Waals surface area contributed by atoms with Crippen LogP contribution in [0.3, 0.4) is 0 Å². The Kier molecular flexibility index (Phi) is 3.41. The lowest BCUT2D eigenvalue weighted by Gasteiger charge is -2.08. The van der Waals surface area contributed by atoms with Crippen molar-refractivity contribution in [2.45, 2.75) is 13.2 Å². The number of aliphatic hydroxyl groups excluding tert-OH is 1. The van der Waals surface area contributed by atoms with Gasteiger partial charge in [-0.2, -0.15) is 0 Å². The van der Waals surface area contributed by atoms with Gasteiger partial charge in [-0.25, -0.2) is 4.39 Å². The summed E-state index contributed by atoms with van der Waals surface area (Å²) < 4.78 is 16.2. The van der Waals surface area contributed by atoms with Gasteiger partial charge in [0.2, 0.25) is 0 Å². The summed E-state index contributed by atoms with van der Waals surface area (Å²) in [6.07, 6.45) is 1.83. The second-order valence-corrected chi connectivity index (χ2v) is 4.44. The Hall–Kier alpha value is -1.13. The molecule has 0 fully saturated rings. The molecule has 0 bridgehead atoms. The Morgan fingerprint density at radius 3 is 2.88 bits per heavy atom. The predicted octanol–water partition coefficient (Wildman–Crippen LogP) is 2.93. The fourth-order valence-electron chi connectivity index (χ4n) is 1.60. The van der Waals surface area contributed by atoms with E-state index in [-0.39, 0.29) is 12.4 Å². The lowest BCUT2D eigenvalue weighted by molar-refractivity contribution is 0.271. The lowest BCUT2D eigenvalue weighted by Crippen LogP contribution is -2.04. The van der Waals surface area contributed by atoms with Crippen LogP contribution in [0.1, 0.15) is 11.3 Å². The molecule has 2 nitrogen and oxygen atoms in total. The van der Waals surface area contributed by atoms with Crippen LogP contribution in [0.2, 0.25) is 0 Å². The molecule has 0 aliphatic heterocycles. The van der Waals surface area contributed by atoms with E-state index in [9.17, 15) is 4.39 Å². The van der Waals surface area contributed by atoms with Crippen LogP contribution < -0.4 is 0 Å². The zero-order valence-corrected chi connectivity index (χ0v) is 10.1. The number of hydrogen-bond donors (Lipinski definition) is 1. The fraction of sp³-hybridized carbons (Fsp3) is 0.167. The molecule has 0 aliphatic carbocycles. The van der Waals surface area contributed by atoms with Gasteiger partial charge in [0.25, 0.3) is 0 Å². The third kappa shape index (κ3) is 2.33. The molecule has 0 aliphatic rings. The van der Waals surface area contributed by atoms with Gasteiger partial charge in [0.15, 0.2) is 0 Å². The second kappa shape index (κ2) is 4.80. The highest BCUT2D eigenvalue weighted by atomic mass is 79.9. The average molecular weight is 284 g/mol. The van der Waals surface area contributed by atoms with Crippen molar-refractivity contribution in [3.05, 3.63) is 58.1 Å². The highest BCUT2D eigenvalue weighted by Gasteiger charge is 2.05. The molecule has 0 saturated heterocycles. The highest BCUT2D eigenvalue weighted by molar-refractivity contribution is 9.10. The Morgan fingerprint density at radius 1 is 1.31 bits per heavy atom. The molecule has 1 N–H and O–H groups in total. The van der Waals surface area contributed by atoms with E-state index in [2.05, 4.69) is 15.9 Å². The summed E-state index contributed by atoms with van der Waals surface area (Å²) in [5, 5.41) is 9.09. The first-order valence-electron chi connectivity index (χ1n) is 4.89. The molecule has 0 atom stereocenters. The smallest absolute Gasteiger partial charge is 0.128 e. The van der Waals surface area contributed by atoms with Crippen molar-refractivity contribution in [1.29, 1.82) is 0 Å². The molecule has 0 saturated carbocycles. The minimum absolute atomic E-state index is 0.0391. The van der Waals surface area contributed by atoms with E-state index < -0.39 is 0 Å². The summed E-state index contributed by atoms with van der Waals surface area (Å²) in [6, 6.07) is 8.50. The van der Waals surface area contributed by atoms with E-state index in [1.165, 1.54) is 6.07 Å². The van der Waals surface area contributed by atoms with Crippen LogP contribution in [-0.4, -0.2) is 9.67 Å². The number of aliphatic hydroxyl groups is 1. The third-order valence-corrected chi connectivity index (χ3v) is 2.93. The molecular weight excluding hydrogens is 273 g/mol. The topological polar surface area (TPSA) is 25.2 Å². The number of halogens is 2. The molecule has 4 heteroatoms. The third-order valence-electron chi connectivity index (χ3n) is 2.43. The maximum absolute atomic E-state index is 13.5. The first-order valence-corrected chi connectivity index (χ1v) is 5.69. The van der Waals surface area contributed by atoms with Crippen LogP contribution in [0.25, 0.3) is 0 Å². The largest absolute Gasteiger partial charge is 0.390 e. The van der Waals surface area contributed by atoms with Gasteiger partial charge in [0, 0.05) is 21.9 Å². The number of aromatic nitrogens is 1. The lowest BCUT2D eigenvalue weighted by atomic mass is 10.2. The standard InChI is InChI=1S/C12H11BrFNO/c13-10-3-4-12(14)9(6-10)7-15-5-1-2-11(15)8-16/h1-6,16H,7-8H2. The number of benzene rings is 1. The van der Waals surface area contributed by atoms with E-state index in [0.29, 0.717) is 12.1 Å². The van der Waals surface area contributed by atoms with Crippen LogP contribution in [-0.2, 0) is 13.2 Å². The zero-order valence-electron chi connectivity index (χ0n) is 8.53. The van der Waals surface area contributed by atoms with E-state index in [4.69, 9.17) is 5.11 Å². The van der Waals surface area contributed by atoms with E-state index >= 15 is 0 Å². The average Bonchev–Trinajstić information content (AvgIpc) is 2.71. The van der Waals surface area contributed by atoms with Crippen molar-refractivity contribution < 1.29 is 9.50 Å². The summed E-state index contributed by atoms with van der Waals surface area (Å²) in [4.78, 5) is 0. The number of rotatable bonds is 3. The van der Waals surface area contributed by atoms with Crippen molar-refractivity contribution in [1.82, 2.24) is 4.57 Å². The predicted molar refractivity (Wildman–Crippen MR) is 63.6 cm³/mol. The molecule has 0 amide bonds. The zero-order chi connectivity index (χ0) is 11.5. The summed E-state index contributed by atoms with van der Waals surface area (Å²) >= 11 is 3.31. The van der Waals surface area contributed by atoms with Crippen molar-refractivity contribution in [2.75, 3.05) is 0 Å². The minimum atomic E-state index is -0.235. The monoisotopic (exact) mass is 283 g/mol. The summed E-state index contributed by atoms with van der Waals surface area (Å²) in [5.41, 5.74) is 1.37. The fourth-order valence-corrected chi connectivity index (χ4v) is 2.00. The number of hydrogen-bond acceptors (Lipinski definition) is 1. The maximum Gasteiger partial charge on any atom is 0.128 e. The molecule has 0 radical (unpaired) electrons. The maximum atomic E-state index is 13.5. The normalized spacial score (nSPS) is 10.7. The summed E-state index contributed by atoms with van der Waals surface area (Å²) in [7, 11) is 0. The highest BCUT2D eigenvalue weighted by Crippen LogP contribution is 2.17. The van der Waals surface area contributed by atoms with Gasteiger partial charge in [-0.1, -0.05) is 15.9 Å². The quantitative estimate of drug-likeness (QED) is 0.921. The molecule has 1 heterocycles. The molecule has 1 aromatic heterocycles. The van der Waals surface area contributed by atoms with Crippen molar-refractivity contribution in [3.8, 4) is 0 Å². The Morgan fingerprint density at radius 2 is 2.12 bits per heavy atom. The summed E-state index contributed by atoms with van der Waals surface area (Å²) in [6.45, 7) is 0.386. The molecule has 84 valence electrons. The van der Waals surface area contributed by atoms with Gasteiger partial charge in [-0.3, -0.25) is 0 Å². The van der Waals surface area contributed by atoms with E-state index in [1.54, 1.807) is 12.1 Å². The molecular formula is C12H11BrFNO. The number of nitrogens with zero attached hydrogens (tertiary/aromatic N) is 1. The van der Waals surface area contributed by atoms with Crippen LogP contribution in [0.5, 0.6) is 0 Å². The summed E-state index contributed by atoms with van der Waals surface area (Å²) in [5.74, 6) is -0.235. The molecule has 1 aromatic carbocycles. The Labute approximate surface area is 101 Å². The van der Waals surface area contributed by atoms with Crippen LogP contribution in [0, 0.1) is 5.82 Å². The Balaban J connectivity index is 2.30. The van der Waals surface area contributed by atoms with Gasteiger partial charge in [0.1, 0.15) is 5.82 Å². The molecule has 0 unspecified atom stereocenters. The van der Waals surface area contributed by atoms with Crippen molar-refractivity contribution in [2.24, 2.45) is 0 Å². The van der Waals surface area contributed by atoms with Crippen LogP contribution in [0.15, 0.2) is 41.0 Å². The van der Waals surface area contributed by atoms with E-state index in [1.807, 2.05) is 22.9 Å². The Bertz CT molecular complexity index is 496. The van der Waals surface area contributed by atoms with Crippen LogP contribution >= 0.6 is 15.9 Å². The van der Waals surface area contributed by atoms with Crippen LogP contribution in [0.4, 0.5) is 4.39 Å². The first kappa shape index (κ1) is 11.4. The first-order chi connectivity index (χ1) is 7.70. The van der Waals surface area contributed by atoms with E-state index in [0.717, 1.165) is 10.2 Å². The SMILES string of the molecule is OCc1cccn1Cc1cc(Br)ccc1F. The van der Waals surface area contributed by atoms with Crippen molar-refractivity contribution in [3.63, 3.8) is 0 Å². The molecule has 2 aromatic rings. The molecule has 0 spiro atoms. The van der Waals surface area contributed by atoms with Gasteiger partial charge in [-0.05, 0) is 30.3 Å².